The Labute approximate surface area is 129 Å². The normalized spacial score (nSPS) is 20.6. The van der Waals surface area contributed by atoms with E-state index in [1.165, 1.54) is 10.9 Å². The molecule has 0 amide bonds. The first kappa shape index (κ1) is 16.3. The molecule has 0 radical (unpaired) electrons. The summed E-state index contributed by atoms with van der Waals surface area (Å²) in [5, 5.41) is 7.25. The van der Waals surface area contributed by atoms with Crippen LogP contribution in [0, 0.1) is 5.92 Å². The summed E-state index contributed by atoms with van der Waals surface area (Å²) in [5.74, 6) is 0.497. The fourth-order valence-corrected chi connectivity index (χ4v) is 4.42. The van der Waals surface area contributed by atoms with Gasteiger partial charge in [0.1, 0.15) is 5.02 Å². The predicted molar refractivity (Wildman–Crippen MR) is 83.7 cm³/mol. The Kier molecular flexibility index (Phi) is 5.27. The molecule has 1 unspecified atom stereocenters. The van der Waals surface area contributed by atoms with E-state index in [1.807, 2.05) is 6.92 Å². The van der Waals surface area contributed by atoms with Gasteiger partial charge in [-0.15, -0.1) is 0 Å². The second-order valence-corrected chi connectivity index (χ2v) is 8.01. The van der Waals surface area contributed by atoms with Crippen LogP contribution in [0.5, 0.6) is 0 Å². The number of aromatic nitrogens is 2. The molecule has 8 heteroatoms. The van der Waals surface area contributed by atoms with Crippen molar-refractivity contribution in [2.75, 3.05) is 23.4 Å². The summed E-state index contributed by atoms with van der Waals surface area (Å²) < 4.78 is 24.2. The number of nitrogens with zero attached hydrogens (tertiary/aromatic N) is 2. The van der Waals surface area contributed by atoms with E-state index in [1.54, 1.807) is 0 Å². The Balaban J connectivity index is 2.01. The molecular formula is C13H20ClN3O3S. The van der Waals surface area contributed by atoms with Crippen LogP contribution in [0.1, 0.15) is 26.2 Å². The number of hydrogen-bond acceptors (Lipinski definition) is 5. The van der Waals surface area contributed by atoms with E-state index in [0.717, 1.165) is 12.8 Å². The van der Waals surface area contributed by atoms with Crippen molar-refractivity contribution in [1.82, 2.24) is 9.78 Å². The molecule has 1 saturated heterocycles. The van der Waals surface area contributed by atoms with Crippen LogP contribution in [0.15, 0.2) is 11.0 Å². The van der Waals surface area contributed by atoms with E-state index in [4.69, 9.17) is 11.6 Å². The SMILES string of the molecule is CCCCn1ncc(NCC2CCS(=O)(=O)C2)c(Cl)c1=O. The van der Waals surface area contributed by atoms with Crippen LogP contribution >= 0.6 is 11.6 Å². The van der Waals surface area contributed by atoms with Crippen LogP contribution in [0.2, 0.25) is 5.02 Å². The zero-order valence-electron chi connectivity index (χ0n) is 12.0. The van der Waals surface area contributed by atoms with Crippen LogP contribution in [0.3, 0.4) is 0 Å². The maximum Gasteiger partial charge on any atom is 0.287 e. The number of halogens is 1. The summed E-state index contributed by atoms with van der Waals surface area (Å²) >= 11 is 6.06. The Morgan fingerprint density at radius 1 is 1.52 bits per heavy atom. The van der Waals surface area contributed by atoms with Crippen LogP contribution in [-0.4, -0.2) is 36.2 Å². The van der Waals surface area contributed by atoms with Crippen molar-refractivity contribution in [3.05, 3.63) is 21.6 Å². The number of anilines is 1. The van der Waals surface area contributed by atoms with E-state index in [-0.39, 0.29) is 28.0 Å². The topological polar surface area (TPSA) is 81.1 Å². The Hall–Kier alpha value is -1.08. The van der Waals surface area contributed by atoms with Gasteiger partial charge in [0.2, 0.25) is 0 Å². The quantitative estimate of drug-likeness (QED) is 0.854. The standard InChI is InChI=1S/C13H20ClN3O3S/c1-2-3-5-17-13(18)12(14)11(8-16-17)15-7-10-4-6-21(19,20)9-10/h8,10,15H,2-7,9H2,1H3. The lowest BCUT2D eigenvalue weighted by Gasteiger charge is -2.12. The summed E-state index contributed by atoms with van der Waals surface area (Å²) in [5.41, 5.74) is 0.160. The first-order valence-corrected chi connectivity index (χ1v) is 9.33. The molecule has 1 aromatic rings. The molecule has 6 nitrogen and oxygen atoms in total. The molecule has 1 aliphatic heterocycles. The van der Waals surface area contributed by atoms with E-state index in [9.17, 15) is 13.2 Å². The third-order valence-electron chi connectivity index (χ3n) is 3.62. The lowest BCUT2D eigenvalue weighted by Crippen LogP contribution is -2.25. The van der Waals surface area contributed by atoms with Gasteiger partial charge in [-0.1, -0.05) is 24.9 Å². The highest BCUT2D eigenvalue weighted by molar-refractivity contribution is 7.91. The minimum absolute atomic E-state index is 0.0635. The molecule has 1 aromatic heterocycles. The number of unbranched alkanes of at least 4 members (excludes halogenated alkanes) is 1. The molecule has 21 heavy (non-hydrogen) atoms. The summed E-state index contributed by atoms with van der Waals surface area (Å²) in [6.45, 7) is 3.08. The third kappa shape index (κ3) is 4.20. The summed E-state index contributed by atoms with van der Waals surface area (Å²) in [7, 11) is -2.89. The maximum absolute atomic E-state index is 12.0. The average Bonchev–Trinajstić information content (AvgIpc) is 2.79. The van der Waals surface area contributed by atoms with E-state index < -0.39 is 9.84 Å². The fourth-order valence-electron chi connectivity index (χ4n) is 2.34. The summed E-state index contributed by atoms with van der Waals surface area (Å²) in [6.07, 6.45) is 4.02. The molecule has 118 valence electrons. The van der Waals surface area contributed by atoms with Gasteiger partial charge in [-0.05, 0) is 18.8 Å². The molecule has 0 saturated carbocycles. The van der Waals surface area contributed by atoms with Gasteiger partial charge in [0, 0.05) is 13.1 Å². The second-order valence-electron chi connectivity index (χ2n) is 5.40. The number of hydrogen-bond donors (Lipinski definition) is 1. The Morgan fingerprint density at radius 2 is 2.29 bits per heavy atom. The van der Waals surface area contributed by atoms with Crippen LogP contribution in [0.25, 0.3) is 0 Å². The third-order valence-corrected chi connectivity index (χ3v) is 5.82. The number of nitrogens with one attached hydrogen (secondary N) is 1. The van der Waals surface area contributed by atoms with Gasteiger partial charge in [0.05, 0.1) is 23.4 Å². The van der Waals surface area contributed by atoms with Crippen molar-refractivity contribution < 1.29 is 8.42 Å². The maximum atomic E-state index is 12.0. The van der Waals surface area contributed by atoms with E-state index in [0.29, 0.717) is 25.2 Å². The highest BCUT2D eigenvalue weighted by atomic mass is 35.5. The van der Waals surface area contributed by atoms with E-state index in [2.05, 4.69) is 10.4 Å². The molecule has 1 aliphatic rings. The highest BCUT2D eigenvalue weighted by Gasteiger charge is 2.27. The highest BCUT2D eigenvalue weighted by Crippen LogP contribution is 2.21. The van der Waals surface area contributed by atoms with Crippen molar-refractivity contribution in [3.8, 4) is 0 Å². The molecular weight excluding hydrogens is 314 g/mol. The van der Waals surface area contributed by atoms with Gasteiger partial charge < -0.3 is 5.32 Å². The lowest BCUT2D eigenvalue weighted by molar-refractivity contribution is 0.543. The zero-order chi connectivity index (χ0) is 15.5. The lowest BCUT2D eigenvalue weighted by atomic mass is 10.1. The first-order valence-electron chi connectivity index (χ1n) is 7.13. The smallest absolute Gasteiger partial charge is 0.287 e. The average molecular weight is 334 g/mol. The van der Waals surface area contributed by atoms with Gasteiger partial charge in [0.25, 0.3) is 5.56 Å². The molecule has 1 N–H and O–H groups in total. The largest absolute Gasteiger partial charge is 0.382 e. The second kappa shape index (κ2) is 6.79. The summed E-state index contributed by atoms with van der Waals surface area (Å²) in [6, 6.07) is 0. The van der Waals surface area contributed by atoms with Crippen molar-refractivity contribution in [3.63, 3.8) is 0 Å². The first-order chi connectivity index (χ1) is 9.93. The van der Waals surface area contributed by atoms with Gasteiger partial charge in [-0.3, -0.25) is 4.79 Å². The molecule has 1 fully saturated rings. The summed E-state index contributed by atoms with van der Waals surface area (Å²) in [4.78, 5) is 12.0. The predicted octanol–water partition coefficient (Wildman–Crippen LogP) is 1.54. The van der Waals surface area contributed by atoms with Crippen LogP contribution in [-0.2, 0) is 16.4 Å². The fraction of sp³-hybridized carbons (Fsp3) is 0.692. The zero-order valence-corrected chi connectivity index (χ0v) is 13.6. The van der Waals surface area contributed by atoms with Crippen molar-refractivity contribution >= 4 is 27.1 Å². The van der Waals surface area contributed by atoms with Crippen LogP contribution < -0.4 is 10.9 Å². The van der Waals surface area contributed by atoms with Gasteiger partial charge >= 0.3 is 0 Å². The van der Waals surface area contributed by atoms with Crippen molar-refractivity contribution in [2.24, 2.45) is 5.92 Å². The van der Waals surface area contributed by atoms with Crippen molar-refractivity contribution in [1.29, 1.82) is 0 Å². The van der Waals surface area contributed by atoms with Crippen molar-refractivity contribution in [2.45, 2.75) is 32.7 Å². The molecule has 1 atom stereocenters. The minimum Gasteiger partial charge on any atom is -0.382 e. The minimum atomic E-state index is -2.89. The molecule has 0 bridgehead atoms. The Morgan fingerprint density at radius 3 is 2.90 bits per heavy atom. The molecule has 0 aromatic carbocycles. The molecule has 0 spiro atoms. The number of aryl methyl sites for hydroxylation is 1. The Bertz CT molecular complexity index is 657. The van der Waals surface area contributed by atoms with E-state index >= 15 is 0 Å². The van der Waals surface area contributed by atoms with Crippen LogP contribution in [0.4, 0.5) is 5.69 Å². The van der Waals surface area contributed by atoms with Gasteiger partial charge in [0.15, 0.2) is 9.84 Å². The number of sulfone groups is 1. The van der Waals surface area contributed by atoms with Gasteiger partial charge in [-0.25, -0.2) is 13.1 Å². The molecule has 2 heterocycles. The number of rotatable bonds is 6. The molecule has 0 aliphatic carbocycles. The molecule has 2 rings (SSSR count). The van der Waals surface area contributed by atoms with Gasteiger partial charge in [-0.2, -0.15) is 5.10 Å². The monoisotopic (exact) mass is 333 g/mol.